The van der Waals surface area contributed by atoms with Crippen molar-refractivity contribution in [3.05, 3.63) is 35.9 Å². The quantitative estimate of drug-likeness (QED) is 0.0443. The van der Waals surface area contributed by atoms with Gasteiger partial charge in [0.2, 0.25) is 35.4 Å². The Hall–Kier alpha value is -6.11. The third-order valence-electron chi connectivity index (χ3n) is 14.0. The van der Waals surface area contributed by atoms with Crippen molar-refractivity contribution >= 4 is 53.2 Å². The van der Waals surface area contributed by atoms with E-state index in [4.69, 9.17) is 15.9 Å². The molecular formula is C53H85N9O12. The molecule has 0 radical (unpaired) electrons. The second-order valence-corrected chi connectivity index (χ2v) is 20.3. The molecule has 0 saturated carbocycles. The van der Waals surface area contributed by atoms with Gasteiger partial charge in [0.15, 0.2) is 6.17 Å². The summed E-state index contributed by atoms with van der Waals surface area (Å²) >= 11 is 0. The lowest BCUT2D eigenvalue weighted by atomic mass is 9.89. The highest BCUT2D eigenvalue weighted by Crippen LogP contribution is 2.30. The first kappa shape index (κ1) is 64.0. The van der Waals surface area contributed by atoms with E-state index in [2.05, 4.69) is 31.9 Å². The second-order valence-electron chi connectivity index (χ2n) is 20.3. The molecule has 1 aromatic rings. The van der Waals surface area contributed by atoms with Gasteiger partial charge in [-0.15, -0.1) is 6.42 Å². The summed E-state index contributed by atoms with van der Waals surface area (Å²) in [6, 6.07) is 2.83. The number of methoxy groups -OCH3 is 2. The van der Waals surface area contributed by atoms with E-state index in [1.165, 1.54) is 33.0 Å². The largest absolute Gasteiger partial charge is 0.480 e. The van der Waals surface area contributed by atoms with Crippen LogP contribution in [0.2, 0.25) is 0 Å². The first-order valence-corrected chi connectivity index (χ1v) is 25.5. The Bertz CT molecular complexity index is 2120. The summed E-state index contributed by atoms with van der Waals surface area (Å²) in [4.78, 5) is 123. The fourth-order valence-corrected chi connectivity index (χ4v) is 9.93. The molecule has 13 atom stereocenters. The Kier molecular flexibility index (Phi) is 26.2. The highest BCUT2D eigenvalue weighted by atomic mass is 16.5. The van der Waals surface area contributed by atoms with E-state index in [0.29, 0.717) is 25.8 Å². The van der Waals surface area contributed by atoms with Gasteiger partial charge in [-0.25, -0.2) is 4.79 Å². The van der Waals surface area contributed by atoms with Gasteiger partial charge in [0.25, 0.3) is 11.8 Å². The number of carbonyl (C=O) groups excluding carboxylic acids is 8. The van der Waals surface area contributed by atoms with Gasteiger partial charge >= 0.3 is 5.97 Å². The Morgan fingerprint density at radius 1 is 0.770 bits per heavy atom. The van der Waals surface area contributed by atoms with E-state index in [-0.39, 0.29) is 42.4 Å². The summed E-state index contributed by atoms with van der Waals surface area (Å²) in [7, 11) is 6.30. The van der Waals surface area contributed by atoms with Crippen molar-refractivity contribution in [1.82, 2.24) is 46.6 Å². The Balaban J connectivity index is 2.27. The number of ether oxygens (including phenoxy) is 2. The molecule has 0 aliphatic carbocycles. The van der Waals surface area contributed by atoms with Crippen LogP contribution in [0.5, 0.6) is 0 Å². The second kappa shape index (κ2) is 30.3. The highest BCUT2D eigenvalue weighted by Gasteiger charge is 2.44. The van der Waals surface area contributed by atoms with Crippen molar-refractivity contribution in [2.75, 3.05) is 34.9 Å². The molecule has 7 N–H and O–H groups in total. The number of carboxylic acid groups (broad SMARTS) is 1. The maximum atomic E-state index is 14.8. The fraction of sp³-hybridized carbons (Fsp3) is 0.679. The number of likely N-dealkylation sites (tertiary alicyclic amines) is 1. The molecule has 0 aromatic heterocycles. The molecule has 2 unspecified atom stereocenters. The third kappa shape index (κ3) is 18.1. The van der Waals surface area contributed by atoms with Gasteiger partial charge in [-0.2, -0.15) is 0 Å². The van der Waals surface area contributed by atoms with Gasteiger partial charge in [-0.3, -0.25) is 38.4 Å². The number of carbonyl (C=O) groups is 9. The number of amides is 8. The molecule has 0 spiro atoms. The lowest BCUT2D eigenvalue weighted by molar-refractivity contribution is -0.148. The normalized spacial score (nSPS) is 18.3. The summed E-state index contributed by atoms with van der Waals surface area (Å²) in [6.07, 6.45) is 3.95. The molecular weight excluding hydrogens is 955 g/mol. The molecule has 1 heterocycles. The van der Waals surface area contributed by atoms with Gasteiger partial charge in [0.05, 0.1) is 42.7 Å². The van der Waals surface area contributed by atoms with Gasteiger partial charge in [-0.1, -0.05) is 85.2 Å². The lowest BCUT2D eigenvalue weighted by Gasteiger charge is -2.43. The van der Waals surface area contributed by atoms with Gasteiger partial charge in [0.1, 0.15) is 18.1 Å². The number of hydrogen-bond donors (Lipinski definition) is 7. The Morgan fingerprint density at radius 3 is 1.88 bits per heavy atom. The lowest BCUT2D eigenvalue weighted by Crippen LogP contribution is -2.62. The number of rotatable bonds is 29. The summed E-state index contributed by atoms with van der Waals surface area (Å²) < 4.78 is 12.0. The molecule has 8 amide bonds. The predicted molar refractivity (Wildman–Crippen MR) is 278 cm³/mol. The summed E-state index contributed by atoms with van der Waals surface area (Å²) in [5.41, 5.74) is 0.756. The molecule has 414 valence electrons. The summed E-state index contributed by atoms with van der Waals surface area (Å²) in [6.45, 7) is 19.7. The third-order valence-corrected chi connectivity index (χ3v) is 14.0. The van der Waals surface area contributed by atoms with E-state index in [9.17, 15) is 48.3 Å². The van der Waals surface area contributed by atoms with E-state index in [1.807, 2.05) is 54.5 Å². The first-order valence-electron chi connectivity index (χ1n) is 25.5. The molecule has 21 nitrogen and oxygen atoms in total. The topological polar surface area (TPSA) is 274 Å². The van der Waals surface area contributed by atoms with Gasteiger partial charge < -0.3 is 61.2 Å². The van der Waals surface area contributed by atoms with Crippen molar-refractivity contribution in [1.29, 1.82) is 0 Å². The number of hydrogen-bond acceptors (Lipinski definition) is 12. The number of carboxylic acids is 1. The minimum atomic E-state index is -1.55. The molecule has 1 saturated heterocycles. The maximum Gasteiger partial charge on any atom is 0.326 e. The predicted octanol–water partition coefficient (Wildman–Crippen LogP) is 1.43. The average molecular weight is 1040 g/mol. The van der Waals surface area contributed by atoms with Crippen LogP contribution in [-0.4, -0.2) is 175 Å². The number of nitrogens with one attached hydrogen (secondary N) is 6. The highest BCUT2D eigenvalue weighted by molar-refractivity contribution is 5.99. The first-order chi connectivity index (χ1) is 34.7. The zero-order valence-corrected chi connectivity index (χ0v) is 46.1. The number of nitrogens with zero attached hydrogens (tertiary/aromatic N) is 3. The van der Waals surface area contributed by atoms with Gasteiger partial charge in [-0.05, 0) is 62.9 Å². The molecule has 74 heavy (non-hydrogen) atoms. The molecule has 2 rings (SSSR count). The van der Waals surface area contributed by atoms with Crippen molar-refractivity contribution in [3.8, 4) is 12.3 Å². The minimum Gasteiger partial charge on any atom is -0.480 e. The van der Waals surface area contributed by atoms with Crippen LogP contribution in [0.15, 0.2) is 30.3 Å². The van der Waals surface area contributed by atoms with Crippen LogP contribution >= 0.6 is 0 Å². The van der Waals surface area contributed by atoms with Gasteiger partial charge in [0, 0.05) is 60.3 Å². The number of terminal acetylenes is 1. The van der Waals surface area contributed by atoms with Crippen LogP contribution in [0.4, 0.5) is 0 Å². The van der Waals surface area contributed by atoms with Crippen LogP contribution in [0.1, 0.15) is 107 Å². The average Bonchev–Trinajstić information content (AvgIpc) is 3.83. The Morgan fingerprint density at radius 2 is 1.36 bits per heavy atom. The summed E-state index contributed by atoms with van der Waals surface area (Å²) in [5, 5.41) is 25.6. The molecule has 1 aliphatic heterocycles. The van der Waals surface area contributed by atoms with Crippen LogP contribution in [0.3, 0.4) is 0 Å². The molecule has 21 heteroatoms. The van der Waals surface area contributed by atoms with E-state index in [1.54, 1.807) is 61.0 Å². The van der Waals surface area contributed by atoms with Crippen molar-refractivity contribution in [2.24, 2.45) is 23.7 Å². The Labute approximate surface area is 438 Å². The van der Waals surface area contributed by atoms with E-state index >= 15 is 0 Å². The molecule has 1 aromatic carbocycles. The number of benzene rings is 1. The van der Waals surface area contributed by atoms with Crippen LogP contribution < -0.4 is 31.9 Å². The number of aliphatic carboxylic acids is 1. The van der Waals surface area contributed by atoms with Crippen molar-refractivity contribution < 1.29 is 57.7 Å². The smallest absolute Gasteiger partial charge is 0.326 e. The SMILES string of the molecule is C#CC(=O)NC(NC(C)=O)C(=O)N[C@@H](C)C(=O)N[C@@H](C)C(=O)N(C)[C@@H](C(C)C)C(C)N[C@H](C(=O)N(C)[C@@H]([C@@H](C)CC)[C@@H](CC(=O)N1CCC[C@H]1[C@H](OC)[C@@H](C)C(=O)N[C@@H](Cc1ccccc1)C(=O)O)OC)C(C)C. The van der Waals surface area contributed by atoms with Crippen molar-refractivity contribution in [3.63, 3.8) is 0 Å². The summed E-state index contributed by atoms with van der Waals surface area (Å²) in [5.74, 6) is -5.36. The molecule has 1 fully saturated rings. The molecule has 1 aliphatic rings. The zero-order valence-electron chi connectivity index (χ0n) is 46.1. The fourth-order valence-electron chi connectivity index (χ4n) is 9.93. The minimum absolute atomic E-state index is 0.0739. The molecule has 0 bridgehead atoms. The monoisotopic (exact) mass is 1040 g/mol. The van der Waals surface area contributed by atoms with E-state index in [0.717, 1.165) is 12.5 Å². The van der Waals surface area contributed by atoms with Crippen LogP contribution in [0.25, 0.3) is 0 Å². The standard InChI is InChI=1S/C53H85N9O12/c1-17-31(7)45(40(73-15)28-42(65)62-26-22-25-39(62)46(74-16)32(8)48(66)58-38(53(71)72)27-37-23-20-19-21-24-37)61(14)52(70)43(29(3)4)54-33(9)44(30(5)6)60(13)51(69)35(11)56-49(67)34(10)55-50(68)47(57-36(12)63)59-41(64)18-2/h2,19-21,23-24,29-35,38-40,43-47,54H,17,22,25-28H2,1,3-16H3,(H,55,68)(H,56,67)(H,57,63)(H,58,66)(H,59,64)(H,71,72)/t31-,32+,33?,34-,35-,38-,39-,40+,43-,44-,45-,46+,47?/m0/s1. The van der Waals surface area contributed by atoms with Crippen molar-refractivity contribution in [2.45, 2.75) is 175 Å². The maximum absolute atomic E-state index is 14.8. The zero-order chi connectivity index (χ0) is 56.3. The van der Waals surface area contributed by atoms with Crippen LogP contribution in [0, 0.1) is 36.0 Å². The van der Waals surface area contributed by atoms with E-state index < -0.39 is 114 Å². The number of likely N-dealkylation sites (N-methyl/N-ethyl adjacent to an activating group) is 2. The van der Waals surface area contributed by atoms with Crippen LogP contribution in [-0.2, 0) is 59.0 Å².